The number of aromatic hydroxyl groups is 1. The van der Waals surface area contributed by atoms with Gasteiger partial charge in [0.1, 0.15) is 11.3 Å². The molecule has 6 nitrogen and oxygen atoms in total. The molecule has 1 aromatic carbocycles. The second-order valence-electron chi connectivity index (χ2n) is 3.87. The van der Waals surface area contributed by atoms with Crippen molar-refractivity contribution in [2.75, 3.05) is 0 Å². The molecule has 18 heavy (non-hydrogen) atoms. The van der Waals surface area contributed by atoms with Crippen molar-refractivity contribution in [2.45, 2.75) is 0 Å². The molecule has 0 saturated carbocycles. The number of aromatic nitrogens is 3. The van der Waals surface area contributed by atoms with Crippen LogP contribution in [0.4, 0.5) is 0 Å². The van der Waals surface area contributed by atoms with Crippen LogP contribution in [-0.4, -0.2) is 31.4 Å². The van der Waals surface area contributed by atoms with Crippen LogP contribution in [0.25, 0.3) is 22.2 Å². The molecule has 0 bridgehead atoms. The number of nitrogens with one attached hydrogen (secondary N) is 2. The first-order valence-corrected chi connectivity index (χ1v) is 5.24. The van der Waals surface area contributed by atoms with Gasteiger partial charge in [0.2, 0.25) is 0 Å². The van der Waals surface area contributed by atoms with Gasteiger partial charge in [-0.05, 0) is 6.07 Å². The summed E-state index contributed by atoms with van der Waals surface area (Å²) in [6, 6.07) is 5.06. The Morgan fingerprint density at radius 2 is 2.17 bits per heavy atom. The molecule has 90 valence electrons. The van der Waals surface area contributed by atoms with Crippen molar-refractivity contribution >= 4 is 16.9 Å². The van der Waals surface area contributed by atoms with Crippen LogP contribution < -0.4 is 0 Å². The molecule has 6 heteroatoms. The predicted octanol–water partition coefficient (Wildman–Crippen LogP) is 1.96. The quantitative estimate of drug-likeness (QED) is 0.552. The number of fused-ring (bicyclic) bond motifs is 1. The van der Waals surface area contributed by atoms with E-state index >= 15 is 0 Å². The highest BCUT2D eigenvalue weighted by molar-refractivity contribution is 6.03. The largest absolute Gasteiger partial charge is 0.506 e. The molecular formula is C12H9N3O3. The summed E-state index contributed by atoms with van der Waals surface area (Å²) in [6.07, 6.45) is 2.91. The zero-order valence-electron chi connectivity index (χ0n) is 9.14. The number of H-pyrrole nitrogens is 2. The Kier molecular flexibility index (Phi) is 2.09. The summed E-state index contributed by atoms with van der Waals surface area (Å²) in [5, 5.41) is 25.9. The fourth-order valence-corrected chi connectivity index (χ4v) is 2.00. The monoisotopic (exact) mass is 243 g/mol. The number of carbonyl (C=O) groups is 1. The minimum absolute atomic E-state index is 0.0965. The fraction of sp³-hybridized carbons (Fsp3) is 0. The topological polar surface area (TPSA) is 102 Å². The molecule has 0 saturated heterocycles. The summed E-state index contributed by atoms with van der Waals surface area (Å²) >= 11 is 0. The van der Waals surface area contributed by atoms with Crippen molar-refractivity contribution in [2.24, 2.45) is 0 Å². The van der Waals surface area contributed by atoms with Gasteiger partial charge in [-0.3, -0.25) is 5.10 Å². The van der Waals surface area contributed by atoms with Crippen molar-refractivity contribution < 1.29 is 15.0 Å². The third kappa shape index (κ3) is 1.36. The van der Waals surface area contributed by atoms with Crippen LogP contribution in [0.5, 0.6) is 5.75 Å². The van der Waals surface area contributed by atoms with Crippen LogP contribution in [0.1, 0.15) is 10.4 Å². The minimum Gasteiger partial charge on any atom is -0.506 e. The van der Waals surface area contributed by atoms with E-state index in [1.54, 1.807) is 24.4 Å². The molecule has 0 spiro atoms. The smallest absolute Gasteiger partial charge is 0.339 e. The Balaban J connectivity index is 2.29. The predicted molar refractivity (Wildman–Crippen MR) is 64.5 cm³/mol. The van der Waals surface area contributed by atoms with Gasteiger partial charge in [-0.25, -0.2) is 4.79 Å². The lowest BCUT2D eigenvalue weighted by molar-refractivity contribution is 0.0698. The number of rotatable bonds is 2. The Hall–Kier alpha value is -2.76. The van der Waals surface area contributed by atoms with Gasteiger partial charge in [0.05, 0.1) is 17.4 Å². The van der Waals surface area contributed by atoms with E-state index in [2.05, 4.69) is 15.2 Å². The van der Waals surface area contributed by atoms with Crippen LogP contribution in [0.3, 0.4) is 0 Å². The molecule has 3 aromatic rings. The number of nitrogens with zero attached hydrogens (tertiary/aromatic N) is 1. The van der Waals surface area contributed by atoms with Crippen molar-refractivity contribution in [3.63, 3.8) is 0 Å². The van der Waals surface area contributed by atoms with E-state index in [4.69, 9.17) is 5.11 Å². The van der Waals surface area contributed by atoms with E-state index in [0.29, 0.717) is 16.8 Å². The van der Waals surface area contributed by atoms with Crippen LogP contribution in [0, 0.1) is 0 Å². The molecule has 0 radical (unpaired) electrons. The van der Waals surface area contributed by atoms with E-state index in [9.17, 15) is 9.90 Å². The van der Waals surface area contributed by atoms with Gasteiger partial charge in [0.25, 0.3) is 0 Å². The van der Waals surface area contributed by atoms with Crippen LogP contribution in [-0.2, 0) is 0 Å². The van der Waals surface area contributed by atoms with Gasteiger partial charge in [-0.2, -0.15) is 5.10 Å². The van der Waals surface area contributed by atoms with Gasteiger partial charge < -0.3 is 15.2 Å². The molecule has 0 unspecified atom stereocenters. The number of hydrogen-bond donors (Lipinski definition) is 4. The summed E-state index contributed by atoms with van der Waals surface area (Å²) in [5.74, 6) is -0.927. The first-order chi connectivity index (χ1) is 8.68. The molecule has 2 heterocycles. The normalized spacial score (nSPS) is 10.9. The molecule has 0 atom stereocenters. The van der Waals surface area contributed by atoms with Crippen molar-refractivity contribution in [1.29, 1.82) is 0 Å². The highest BCUT2D eigenvalue weighted by Gasteiger charge is 2.17. The second kappa shape index (κ2) is 3.63. The summed E-state index contributed by atoms with van der Waals surface area (Å²) in [6.45, 7) is 0. The SMILES string of the molecule is O=C(O)c1cn[nH]c1-c1c[nH]c2c(O)cccc12. The zero-order chi connectivity index (χ0) is 12.7. The van der Waals surface area contributed by atoms with E-state index in [0.717, 1.165) is 5.39 Å². The third-order valence-electron chi connectivity index (χ3n) is 2.83. The maximum absolute atomic E-state index is 11.1. The van der Waals surface area contributed by atoms with Crippen LogP contribution in [0.2, 0.25) is 0 Å². The molecule has 0 aliphatic rings. The average molecular weight is 243 g/mol. The highest BCUT2D eigenvalue weighted by atomic mass is 16.4. The number of carboxylic acid groups (broad SMARTS) is 1. The first-order valence-electron chi connectivity index (χ1n) is 5.24. The lowest BCUT2D eigenvalue weighted by Crippen LogP contribution is -1.96. The number of aromatic carboxylic acids is 1. The van der Waals surface area contributed by atoms with Gasteiger partial charge in [-0.1, -0.05) is 12.1 Å². The van der Waals surface area contributed by atoms with Gasteiger partial charge in [0, 0.05) is 17.1 Å². The van der Waals surface area contributed by atoms with Gasteiger partial charge >= 0.3 is 5.97 Å². The molecule has 3 rings (SSSR count). The number of benzene rings is 1. The summed E-state index contributed by atoms with van der Waals surface area (Å²) in [4.78, 5) is 14.0. The molecule has 4 N–H and O–H groups in total. The number of para-hydroxylation sites is 1. The van der Waals surface area contributed by atoms with Crippen molar-refractivity contribution in [3.05, 3.63) is 36.2 Å². The standard InChI is InChI=1S/C12H9N3O3/c16-9-3-1-2-6-7(4-13-11(6)9)10-8(12(17)18)5-14-15-10/h1-5,13,16H,(H,14,15)(H,17,18). The Morgan fingerprint density at radius 1 is 1.33 bits per heavy atom. The molecule has 0 amide bonds. The molecule has 0 aliphatic heterocycles. The van der Waals surface area contributed by atoms with E-state index in [1.165, 1.54) is 6.20 Å². The highest BCUT2D eigenvalue weighted by Crippen LogP contribution is 2.33. The maximum atomic E-state index is 11.1. The second-order valence-corrected chi connectivity index (χ2v) is 3.87. The first kappa shape index (κ1) is 10.4. The third-order valence-corrected chi connectivity index (χ3v) is 2.83. The summed E-state index contributed by atoms with van der Waals surface area (Å²) in [5.41, 5.74) is 1.74. The van der Waals surface area contributed by atoms with E-state index in [1.807, 2.05) is 0 Å². The Morgan fingerprint density at radius 3 is 2.94 bits per heavy atom. The van der Waals surface area contributed by atoms with Gasteiger partial charge in [-0.15, -0.1) is 0 Å². The molecular weight excluding hydrogens is 234 g/mol. The molecule has 0 fully saturated rings. The molecule has 0 aliphatic carbocycles. The Labute approximate surface area is 101 Å². The lowest BCUT2D eigenvalue weighted by Gasteiger charge is -1.98. The maximum Gasteiger partial charge on any atom is 0.339 e. The lowest BCUT2D eigenvalue weighted by atomic mass is 10.1. The van der Waals surface area contributed by atoms with Crippen LogP contribution >= 0.6 is 0 Å². The Bertz CT molecular complexity index is 742. The number of aromatic amines is 2. The summed E-state index contributed by atoms with van der Waals surface area (Å²) < 4.78 is 0. The average Bonchev–Trinajstić information content (AvgIpc) is 2.94. The number of carboxylic acids is 1. The van der Waals surface area contributed by atoms with Crippen LogP contribution in [0.15, 0.2) is 30.6 Å². The number of phenols is 1. The number of phenolic OH excluding ortho intramolecular Hbond substituents is 1. The number of hydrogen-bond acceptors (Lipinski definition) is 3. The van der Waals surface area contributed by atoms with E-state index in [-0.39, 0.29) is 11.3 Å². The van der Waals surface area contributed by atoms with E-state index < -0.39 is 5.97 Å². The van der Waals surface area contributed by atoms with Gasteiger partial charge in [0.15, 0.2) is 0 Å². The van der Waals surface area contributed by atoms with Crippen molar-refractivity contribution in [1.82, 2.24) is 15.2 Å². The molecule has 2 aromatic heterocycles. The fourth-order valence-electron chi connectivity index (χ4n) is 2.00. The zero-order valence-corrected chi connectivity index (χ0v) is 9.14. The van der Waals surface area contributed by atoms with Crippen molar-refractivity contribution in [3.8, 4) is 17.0 Å². The minimum atomic E-state index is -1.05. The summed E-state index contributed by atoms with van der Waals surface area (Å²) in [7, 11) is 0.